The second kappa shape index (κ2) is 7.70. The van der Waals surface area contributed by atoms with E-state index in [0.717, 1.165) is 55.2 Å². The smallest absolute Gasteiger partial charge is 0.185 e. The number of hydrogen-bond acceptors (Lipinski definition) is 7. The summed E-state index contributed by atoms with van der Waals surface area (Å²) in [5.74, 6) is 0. The van der Waals surface area contributed by atoms with Crippen LogP contribution in [0, 0.1) is 6.92 Å². The Morgan fingerprint density at radius 2 is 2.09 bits per heavy atom. The topological polar surface area (TPSA) is 41.5 Å². The lowest BCUT2D eigenvalue weighted by atomic mass is 10.3. The molecule has 0 aliphatic carbocycles. The summed E-state index contributed by atoms with van der Waals surface area (Å²) < 4.78 is 5.62. The van der Waals surface area contributed by atoms with E-state index in [1.54, 1.807) is 22.7 Å². The number of rotatable bonds is 6. The zero-order valence-electron chi connectivity index (χ0n) is 14.0. The number of aryl methyl sites for hydroxylation is 1. The Kier molecular flexibility index (Phi) is 5.63. The van der Waals surface area contributed by atoms with Crippen molar-refractivity contribution in [2.45, 2.75) is 33.4 Å². The SMILES string of the molecule is CCOC(C)c1nc(CN2CCN(c3ncc(C)s3)CC2)cs1. The summed E-state index contributed by atoms with van der Waals surface area (Å²) in [7, 11) is 0. The van der Waals surface area contributed by atoms with Crippen LogP contribution >= 0.6 is 22.7 Å². The normalized spacial score (nSPS) is 17.6. The molecular weight excluding hydrogens is 328 g/mol. The monoisotopic (exact) mass is 352 g/mol. The van der Waals surface area contributed by atoms with Gasteiger partial charge in [0.25, 0.3) is 0 Å². The Balaban J connectivity index is 1.51. The van der Waals surface area contributed by atoms with Crippen LogP contribution < -0.4 is 4.90 Å². The fraction of sp³-hybridized carbons (Fsp3) is 0.625. The van der Waals surface area contributed by atoms with Crippen molar-refractivity contribution in [3.05, 3.63) is 27.2 Å². The van der Waals surface area contributed by atoms with Gasteiger partial charge in [-0.05, 0) is 20.8 Å². The average molecular weight is 353 g/mol. The second-order valence-electron chi connectivity index (χ2n) is 5.79. The van der Waals surface area contributed by atoms with Gasteiger partial charge in [0.05, 0.1) is 5.69 Å². The zero-order valence-corrected chi connectivity index (χ0v) is 15.6. The predicted molar refractivity (Wildman–Crippen MR) is 96.5 cm³/mol. The number of ether oxygens (including phenoxy) is 1. The molecule has 5 nitrogen and oxygen atoms in total. The molecule has 0 amide bonds. The van der Waals surface area contributed by atoms with Crippen molar-refractivity contribution < 1.29 is 4.74 Å². The van der Waals surface area contributed by atoms with Crippen LogP contribution in [-0.4, -0.2) is 47.7 Å². The van der Waals surface area contributed by atoms with Gasteiger partial charge in [-0.2, -0.15) is 0 Å². The van der Waals surface area contributed by atoms with Crippen LogP contribution in [0.1, 0.15) is 35.5 Å². The van der Waals surface area contributed by atoms with E-state index in [1.165, 1.54) is 4.88 Å². The molecule has 3 heterocycles. The van der Waals surface area contributed by atoms with Gasteiger partial charge < -0.3 is 9.64 Å². The minimum atomic E-state index is 0.101. The molecule has 2 aromatic heterocycles. The Bertz CT molecular complexity index is 619. The van der Waals surface area contributed by atoms with Crippen molar-refractivity contribution in [2.24, 2.45) is 0 Å². The van der Waals surface area contributed by atoms with Crippen molar-refractivity contribution in [3.63, 3.8) is 0 Å². The van der Waals surface area contributed by atoms with Gasteiger partial charge in [0.15, 0.2) is 5.13 Å². The van der Waals surface area contributed by atoms with Gasteiger partial charge in [0, 0.05) is 55.8 Å². The minimum absolute atomic E-state index is 0.101. The third-order valence-corrected chi connectivity index (χ3v) is 6.00. The molecule has 0 spiro atoms. The first-order chi connectivity index (χ1) is 11.2. The molecule has 1 unspecified atom stereocenters. The van der Waals surface area contributed by atoms with Crippen molar-refractivity contribution in [1.82, 2.24) is 14.9 Å². The molecule has 3 rings (SSSR count). The molecule has 1 aliphatic heterocycles. The molecule has 23 heavy (non-hydrogen) atoms. The summed E-state index contributed by atoms with van der Waals surface area (Å²) >= 11 is 3.49. The minimum Gasteiger partial charge on any atom is -0.372 e. The number of anilines is 1. The molecule has 0 bridgehead atoms. The molecule has 7 heteroatoms. The number of hydrogen-bond donors (Lipinski definition) is 0. The first-order valence-corrected chi connectivity index (χ1v) is 9.81. The summed E-state index contributed by atoms with van der Waals surface area (Å²) in [5.41, 5.74) is 1.16. The van der Waals surface area contributed by atoms with Crippen LogP contribution in [0.5, 0.6) is 0 Å². The maximum Gasteiger partial charge on any atom is 0.185 e. The molecule has 0 radical (unpaired) electrons. The van der Waals surface area contributed by atoms with Crippen LogP contribution in [-0.2, 0) is 11.3 Å². The quantitative estimate of drug-likeness (QED) is 0.798. The van der Waals surface area contributed by atoms with Gasteiger partial charge in [-0.15, -0.1) is 22.7 Å². The van der Waals surface area contributed by atoms with Crippen molar-refractivity contribution in [3.8, 4) is 0 Å². The summed E-state index contributed by atoms with van der Waals surface area (Å²) in [6.07, 6.45) is 2.06. The molecule has 2 aromatic rings. The van der Waals surface area contributed by atoms with Gasteiger partial charge in [-0.25, -0.2) is 9.97 Å². The number of aromatic nitrogens is 2. The highest BCUT2D eigenvalue weighted by Crippen LogP contribution is 2.24. The molecular formula is C16H24N4OS2. The first-order valence-electron chi connectivity index (χ1n) is 8.11. The maximum atomic E-state index is 5.62. The first kappa shape index (κ1) is 16.8. The zero-order chi connectivity index (χ0) is 16.2. The van der Waals surface area contributed by atoms with E-state index in [-0.39, 0.29) is 6.10 Å². The highest BCUT2D eigenvalue weighted by molar-refractivity contribution is 7.15. The van der Waals surface area contributed by atoms with Gasteiger partial charge in [0.2, 0.25) is 0 Å². The van der Waals surface area contributed by atoms with Crippen molar-refractivity contribution in [2.75, 3.05) is 37.7 Å². The molecule has 1 aliphatic rings. The highest BCUT2D eigenvalue weighted by Gasteiger charge is 2.20. The maximum absolute atomic E-state index is 5.62. The van der Waals surface area contributed by atoms with Crippen LogP contribution in [0.2, 0.25) is 0 Å². The number of nitrogens with zero attached hydrogens (tertiary/aromatic N) is 4. The summed E-state index contributed by atoms with van der Waals surface area (Å²) in [6.45, 7) is 12.1. The Morgan fingerprint density at radius 1 is 1.30 bits per heavy atom. The lowest BCUT2D eigenvalue weighted by Crippen LogP contribution is -2.46. The van der Waals surface area contributed by atoms with Crippen LogP contribution in [0.15, 0.2) is 11.6 Å². The Morgan fingerprint density at radius 3 is 2.74 bits per heavy atom. The summed E-state index contributed by atoms with van der Waals surface area (Å²) in [6, 6.07) is 0. The Labute approximate surface area is 145 Å². The van der Waals surface area contributed by atoms with E-state index in [0.29, 0.717) is 0 Å². The lowest BCUT2D eigenvalue weighted by Gasteiger charge is -2.34. The standard InChI is InChI=1S/C16H24N4OS2/c1-4-21-13(3)15-18-14(11-22-15)10-19-5-7-20(8-6-19)16-17-9-12(2)23-16/h9,11,13H,4-8,10H2,1-3H3. The largest absolute Gasteiger partial charge is 0.372 e. The second-order valence-corrected chi connectivity index (χ2v) is 7.89. The van der Waals surface area contributed by atoms with Crippen molar-refractivity contribution >= 4 is 27.8 Å². The van der Waals surface area contributed by atoms with Crippen LogP contribution in [0.3, 0.4) is 0 Å². The Hall–Kier alpha value is -1.02. The molecule has 126 valence electrons. The molecule has 0 saturated carbocycles. The van der Waals surface area contributed by atoms with E-state index in [9.17, 15) is 0 Å². The highest BCUT2D eigenvalue weighted by atomic mass is 32.1. The van der Waals surface area contributed by atoms with Crippen molar-refractivity contribution in [1.29, 1.82) is 0 Å². The van der Waals surface area contributed by atoms with Gasteiger partial charge in [0.1, 0.15) is 11.1 Å². The number of piperazine rings is 1. The predicted octanol–water partition coefficient (Wildman–Crippen LogP) is 3.33. The van der Waals surface area contributed by atoms with Gasteiger partial charge in [-0.3, -0.25) is 4.90 Å². The van der Waals surface area contributed by atoms with E-state index in [2.05, 4.69) is 34.0 Å². The van der Waals surface area contributed by atoms with Gasteiger partial charge in [-0.1, -0.05) is 0 Å². The van der Waals surface area contributed by atoms with Crippen LogP contribution in [0.4, 0.5) is 5.13 Å². The molecule has 0 N–H and O–H groups in total. The third-order valence-electron chi connectivity index (χ3n) is 3.97. The average Bonchev–Trinajstić information content (AvgIpc) is 3.18. The fourth-order valence-electron chi connectivity index (χ4n) is 2.72. The van der Waals surface area contributed by atoms with Gasteiger partial charge >= 0.3 is 0 Å². The van der Waals surface area contributed by atoms with E-state index in [1.807, 2.05) is 13.1 Å². The molecule has 0 aromatic carbocycles. The summed E-state index contributed by atoms with van der Waals surface area (Å²) in [4.78, 5) is 15.4. The fourth-order valence-corrected chi connectivity index (χ4v) is 4.34. The molecule has 1 atom stereocenters. The molecule has 1 fully saturated rings. The number of thiazole rings is 2. The van der Waals surface area contributed by atoms with E-state index >= 15 is 0 Å². The molecule has 1 saturated heterocycles. The van der Waals surface area contributed by atoms with E-state index < -0.39 is 0 Å². The lowest BCUT2D eigenvalue weighted by molar-refractivity contribution is 0.0760. The van der Waals surface area contributed by atoms with Crippen LogP contribution in [0.25, 0.3) is 0 Å². The van der Waals surface area contributed by atoms with E-state index in [4.69, 9.17) is 9.72 Å². The summed E-state index contributed by atoms with van der Waals surface area (Å²) in [5, 5.41) is 4.41. The third kappa shape index (κ3) is 4.29.